The molecule has 1 aromatic heterocycles. The average Bonchev–Trinajstić information content (AvgIpc) is 3.19. The second kappa shape index (κ2) is 9.57. The second-order valence-electron chi connectivity index (χ2n) is 7.07. The summed E-state index contributed by atoms with van der Waals surface area (Å²) in [7, 11) is 0. The third-order valence-electron chi connectivity index (χ3n) is 4.83. The first-order valence-corrected chi connectivity index (χ1v) is 9.58. The molecule has 0 aliphatic heterocycles. The summed E-state index contributed by atoms with van der Waals surface area (Å²) in [5.41, 5.74) is 0.938. The topological polar surface area (TPSA) is 100 Å². The number of carboxylic acids is 1. The molecular weight excluding hydrogens is 360 g/mol. The molecule has 3 atom stereocenters. The lowest BCUT2D eigenvalue weighted by molar-refractivity contribution is -0.137. The zero-order valence-electron chi connectivity index (χ0n) is 15.7. The Hall–Kier alpha value is -2.57. The number of carboxylic acid groups (broad SMARTS) is 1. The van der Waals surface area contributed by atoms with Crippen LogP contribution in [0.1, 0.15) is 42.3 Å². The van der Waals surface area contributed by atoms with Gasteiger partial charge in [0.25, 0.3) is 0 Å². The molecule has 0 unspecified atom stereocenters. The third-order valence-corrected chi connectivity index (χ3v) is 4.83. The zero-order chi connectivity index (χ0) is 19.9. The van der Waals surface area contributed by atoms with Crippen molar-refractivity contribution in [3.63, 3.8) is 0 Å². The van der Waals surface area contributed by atoms with E-state index in [1.807, 2.05) is 36.4 Å². The summed E-state index contributed by atoms with van der Waals surface area (Å²) in [5.74, 6) is 1.27. The van der Waals surface area contributed by atoms with Crippen LogP contribution in [0.3, 0.4) is 0 Å². The highest BCUT2D eigenvalue weighted by molar-refractivity contribution is 5.66. The van der Waals surface area contributed by atoms with Crippen LogP contribution in [0.2, 0.25) is 0 Å². The quantitative estimate of drug-likeness (QED) is 0.429. The van der Waals surface area contributed by atoms with Crippen LogP contribution in [0.4, 0.5) is 0 Å². The van der Waals surface area contributed by atoms with Gasteiger partial charge in [0.1, 0.15) is 30.0 Å². The molecule has 1 aliphatic carbocycles. The number of rotatable bonds is 10. The highest BCUT2D eigenvalue weighted by Crippen LogP contribution is 2.37. The second-order valence-corrected chi connectivity index (χ2v) is 7.07. The van der Waals surface area contributed by atoms with Crippen LogP contribution in [0.5, 0.6) is 5.75 Å². The van der Waals surface area contributed by atoms with Crippen molar-refractivity contribution in [2.24, 2.45) is 0 Å². The Morgan fingerprint density at radius 1 is 1.29 bits per heavy atom. The number of unbranched alkanes of at least 4 members (excludes halogenated alkanes) is 1. The van der Waals surface area contributed by atoms with Crippen molar-refractivity contribution in [2.75, 3.05) is 6.61 Å². The van der Waals surface area contributed by atoms with Crippen molar-refractivity contribution in [2.45, 2.75) is 50.2 Å². The molecular formula is C22H26O6. The summed E-state index contributed by atoms with van der Waals surface area (Å²) in [4.78, 5) is 10.6. The van der Waals surface area contributed by atoms with Crippen LogP contribution < -0.4 is 4.74 Å². The molecule has 0 fully saturated rings. The number of aliphatic hydroxyl groups excluding tert-OH is 2. The fourth-order valence-electron chi connectivity index (χ4n) is 3.40. The van der Waals surface area contributed by atoms with E-state index < -0.39 is 18.2 Å². The largest absolute Gasteiger partial charge is 0.491 e. The summed E-state index contributed by atoms with van der Waals surface area (Å²) < 4.78 is 11.3. The van der Waals surface area contributed by atoms with Crippen LogP contribution in [0, 0.1) is 0 Å². The van der Waals surface area contributed by atoms with Crippen LogP contribution in [0.25, 0.3) is 0 Å². The molecule has 6 nitrogen and oxygen atoms in total. The average molecular weight is 386 g/mol. The number of para-hydroxylation sites is 1. The number of fused-ring (bicyclic) bond motifs is 1. The van der Waals surface area contributed by atoms with Gasteiger partial charge < -0.3 is 24.5 Å². The normalized spacial score (nSPS) is 19.6. The number of ether oxygens (including phenoxy) is 1. The van der Waals surface area contributed by atoms with Gasteiger partial charge in [-0.1, -0.05) is 30.4 Å². The van der Waals surface area contributed by atoms with Crippen molar-refractivity contribution in [1.82, 2.24) is 0 Å². The molecule has 0 saturated heterocycles. The number of hydrogen-bond donors (Lipinski definition) is 3. The van der Waals surface area contributed by atoms with Gasteiger partial charge in [0.15, 0.2) is 0 Å². The van der Waals surface area contributed by atoms with Crippen LogP contribution in [0.15, 0.2) is 53.0 Å². The maximum absolute atomic E-state index is 10.6. The first-order chi connectivity index (χ1) is 13.5. The maximum atomic E-state index is 10.6. The molecule has 6 heteroatoms. The molecule has 0 bridgehead atoms. The van der Waals surface area contributed by atoms with Crippen molar-refractivity contribution < 1.29 is 29.3 Å². The SMILES string of the molecule is O=C(O)CCCCc1cc2c(o1)C[C@@H](O)[C@@H]2C=C[C@@H](O)COc1ccccc1. The minimum absolute atomic E-state index is 0.135. The number of furan rings is 1. The Morgan fingerprint density at radius 2 is 2.07 bits per heavy atom. The van der Waals surface area contributed by atoms with Crippen molar-refractivity contribution in [1.29, 1.82) is 0 Å². The molecule has 0 spiro atoms. The molecule has 0 amide bonds. The lowest BCUT2D eigenvalue weighted by Crippen LogP contribution is -2.16. The number of hydrogen-bond acceptors (Lipinski definition) is 5. The van der Waals surface area contributed by atoms with E-state index in [0.717, 1.165) is 23.5 Å². The van der Waals surface area contributed by atoms with Crippen LogP contribution in [-0.2, 0) is 17.6 Å². The lowest BCUT2D eigenvalue weighted by Gasteiger charge is -2.12. The molecule has 1 heterocycles. The van der Waals surface area contributed by atoms with E-state index in [-0.39, 0.29) is 18.9 Å². The fourth-order valence-corrected chi connectivity index (χ4v) is 3.40. The highest BCUT2D eigenvalue weighted by Gasteiger charge is 2.33. The molecule has 2 aromatic rings. The summed E-state index contributed by atoms with van der Waals surface area (Å²) >= 11 is 0. The van der Waals surface area contributed by atoms with Crippen LogP contribution in [-0.4, -0.2) is 40.1 Å². The summed E-state index contributed by atoms with van der Waals surface area (Å²) in [5, 5.41) is 29.1. The zero-order valence-corrected chi connectivity index (χ0v) is 15.7. The van der Waals surface area contributed by atoms with Gasteiger partial charge in [0.05, 0.1) is 6.10 Å². The molecule has 3 rings (SSSR count). The molecule has 1 aliphatic rings. The van der Waals surface area contributed by atoms with Gasteiger partial charge in [-0.2, -0.15) is 0 Å². The van der Waals surface area contributed by atoms with Gasteiger partial charge in [-0.3, -0.25) is 4.79 Å². The van der Waals surface area contributed by atoms with Crippen molar-refractivity contribution >= 4 is 5.97 Å². The Balaban J connectivity index is 1.53. The smallest absolute Gasteiger partial charge is 0.303 e. The first kappa shape index (κ1) is 20.2. The van der Waals surface area contributed by atoms with Gasteiger partial charge in [-0.25, -0.2) is 0 Å². The summed E-state index contributed by atoms with van der Waals surface area (Å²) in [6.45, 7) is 0.135. The van der Waals surface area contributed by atoms with Gasteiger partial charge in [0.2, 0.25) is 0 Å². The van der Waals surface area contributed by atoms with E-state index in [0.29, 0.717) is 25.0 Å². The monoisotopic (exact) mass is 386 g/mol. The van der Waals surface area contributed by atoms with E-state index in [4.69, 9.17) is 14.3 Å². The fraction of sp³-hybridized carbons (Fsp3) is 0.409. The standard InChI is InChI=1S/C22H26O6/c23-15(14-27-16-6-2-1-3-7-16)10-11-18-19-12-17(8-4-5-9-22(25)26)28-21(19)13-20(18)24/h1-3,6-7,10-12,15,18,20,23-24H,4-5,8-9,13-14H2,(H,25,26)/t15-,18-,20-/m1/s1. The van der Waals surface area contributed by atoms with E-state index in [9.17, 15) is 15.0 Å². The third kappa shape index (κ3) is 5.47. The maximum Gasteiger partial charge on any atom is 0.303 e. The number of aliphatic hydroxyl groups is 2. The van der Waals surface area contributed by atoms with E-state index in [1.165, 1.54) is 0 Å². The Labute approximate surface area is 164 Å². The van der Waals surface area contributed by atoms with Crippen molar-refractivity contribution in [3.05, 3.63) is 65.6 Å². The van der Waals surface area contributed by atoms with Crippen LogP contribution >= 0.6 is 0 Å². The van der Waals surface area contributed by atoms with Gasteiger partial charge in [-0.15, -0.1) is 0 Å². The number of aryl methyl sites for hydroxylation is 1. The molecule has 150 valence electrons. The lowest BCUT2D eigenvalue weighted by atomic mass is 9.99. The molecule has 0 radical (unpaired) electrons. The van der Waals surface area contributed by atoms with E-state index in [1.54, 1.807) is 12.2 Å². The molecule has 0 saturated carbocycles. The van der Waals surface area contributed by atoms with Gasteiger partial charge in [0, 0.05) is 30.7 Å². The Kier molecular flexibility index (Phi) is 6.90. The van der Waals surface area contributed by atoms with Gasteiger partial charge in [-0.05, 0) is 31.0 Å². The molecule has 28 heavy (non-hydrogen) atoms. The predicted molar refractivity (Wildman–Crippen MR) is 103 cm³/mol. The molecule has 3 N–H and O–H groups in total. The minimum atomic E-state index is -0.787. The summed E-state index contributed by atoms with van der Waals surface area (Å²) in [6.07, 6.45) is 4.73. The number of aliphatic carboxylic acids is 1. The van der Waals surface area contributed by atoms with E-state index >= 15 is 0 Å². The number of benzene rings is 1. The predicted octanol–water partition coefficient (Wildman–Crippen LogP) is 3.07. The Bertz CT molecular complexity index is 795. The van der Waals surface area contributed by atoms with E-state index in [2.05, 4.69) is 0 Å². The minimum Gasteiger partial charge on any atom is -0.491 e. The van der Waals surface area contributed by atoms with Crippen molar-refractivity contribution in [3.8, 4) is 5.75 Å². The highest BCUT2D eigenvalue weighted by atomic mass is 16.5. The van der Waals surface area contributed by atoms with Gasteiger partial charge >= 0.3 is 5.97 Å². The first-order valence-electron chi connectivity index (χ1n) is 9.58. The summed E-state index contributed by atoms with van der Waals surface area (Å²) in [6, 6.07) is 11.2. The molecule has 1 aromatic carbocycles. The Morgan fingerprint density at radius 3 is 2.82 bits per heavy atom. The number of carbonyl (C=O) groups is 1.